The number of likely N-dealkylation sites (N-methyl/N-ethyl adjacent to an activating group) is 1. The summed E-state index contributed by atoms with van der Waals surface area (Å²) in [5.74, 6) is 0.0111. The average Bonchev–Trinajstić information content (AvgIpc) is 3.45. The minimum atomic E-state index is -0.527. The number of aromatic nitrogens is 2. The van der Waals surface area contributed by atoms with Crippen LogP contribution in [0.5, 0.6) is 0 Å². The fourth-order valence-electron chi connectivity index (χ4n) is 3.94. The van der Waals surface area contributed by atoms with Gasteiger partial charge in [0.15, 0.2) is 5.82 Å². The standard InChI is InChI=1S/C24H18N4O2S2/c1-4-28-23(29)16(13(2)17(12-25)24(28)30)10-15-11-18-22(31-15)26-21(27(18)3)20-9-14-7-5-6-8-19(14)32-20/h5-11H,4H2,1-3H3/b16-10-. The topological polar surface area (TPSA) is 79.0 Å². The highest BCUT2D eigenvalue weighted by Crippen LogP contribution is 2.37. The highest BCUT2D eigenvalue weighted by Gasteiger charge is 2.34. The van der Waals surface area contributed by atoms with E-state index in [0.29, 0.717) is 11.1 Å². The molecule has 0 bridgehead atoms. The third kappa shape index (κ3) is 3.01. The van der Waals surface area contributed by atoms with Gasteiger partial charge in [0.1, 0.15) is 16.5 Å². The van der Waals surface area contributed by atoms with E-state index in [1.165, 1.54) is 21.4 Å². The summed E-state index contributed by atoms with van der Waals surface area (Å²) in [5.41, 5.74) is 1.79. The Balaban J connectivity index is 1.58. The molecule has 1 aliphatic heterocycles. The van der Waals surface area contributed by atoms with Crippen LogP contribution in [0.25, 0.3) is 37.2 Å². The highest BCUT2D eigenvalue weighted by atomic mass is 32.1. The van der Waals surface area contributed by atoms with E-state index in [1.807, 2.05) is 31.3 Å². The summed E-state index contributed by atoms with van der Waals surface area (Å²) in [6.07, 6.45) is 1.76. The van der Waals surface area contributed by atoms with Crippen molar-refractivity contribution < 1.29 is 9.59 Å². The number of nitriles is 1. The minimum Gasteiger partial charge on any atom is -0.326 e. The first-order valence-electron chi connectivity index (χ1n) is 10.1. The number of imidazole rings is 1. The van der Waals surface area contributed by atoms with Gasteiger partial charge in [-0.2, -0.15) is 5.26 Å². The zero-order valence-corrected chi connectivity index (χ0v) is 19.3. The lowest BCUT2D eigenvalue weighted by molar-refractivity contribution is -0.140. The van der Waals surface area contributed by atoms with E-state index in [0.717, 1.165) is 30.8 Å². The minimum absolute atomic E-state index is 0.0176. The number of hydrogen-bond acceptors (Lipinski definition) is 6. The molecule has 1 aliphatic rings. The Labute approximate surface area is 192 Å². The van der Waals surface area contributed by atoms with Crippen LogP contribution in [0.2, 0.25) is 0 Å². The Morgan fingerprint density at radius 3 is 2.62 bits per heavy atom. The summed E-state index contributed by atoms with van der Waals surface area (Å²) in [4.78, 5) is 34.0. The Morgan fingerprint density at radius 1 is 1.16 bits per heavy atom. The molecule has 0 fully saturated rings. The van der Waals surface area contributed by atoms with Crippen molar-refractivity contribution in [3.8, 4) is 16.8 Å². The van der Waals surface area contributed by atoms with Crippen molar-refractivity contribution in [3.05, 3.63) is 58.0 Å². The lowest BCUT2D eigenvalue weighted by Gasteiger charge is -2.26. The summed E-state index contributed by atoms with van der Waals surface area (Å²) >= 11 is 3.20. The number of nitrogens with zero attached hydrogens (tertiary/aromatic N) is 4. The first-order chi connectivity index (χ1) is 15.4. The predicted octanol–water partition coefficient (Wildman–Crippen LogP) is 5.13. The average molecular weight is 459 g/mol. The van der Waals surface area contributed by atoms with Gasteiger partial charge in [0.05, 0.1) is 10.4 Å². The van der Waals surface area contributed by atoms with Crippen LogP contribution in [0.3, 0.4) is 0 Å². The summed E-state index contributed by atoms with van der Waals surface area (Å²) in [6.45, 7) is 3.60. The molecule has 0 unspecified atom stereocenters. The number of rotatable bonds is 3. The number of aryl methyl sites for hydroxylation is 1. The highest BCUT2D eigenvalue weighted by molar-refractivity contribution is 7.22. The number of hydrogen-bond donors (Lipinski definition) is 0. The quantitative estimate of drug-likeness (QED) is 0.315. The third-order valence-corrected chi connectivity index (χ3v) is 7.75. The maximum atomic E-state index is 12.9. The van der Waals surface area contributed by atoms with Gasteiger partial charge in [-0.25, -0.2) is 4.98 Å². The zero-order chi connectivity index (χ0) is 22.6. The summed E-state index contributed by atoms with van der Waals surface area (Å²) in [7, 11) is 1.99. The van der Waals surface area contributed by atoms with Crippen molar-refractivity contribution >= 4 is 61.0 Å². The maximum absolute atomic E-state index is 12.9. The van der Waals surface area contributed by atoms with Crippen molar-refractivity contribution in [2.24, 2.45) is 7.05 Å². The first-order valence-corrected chi connectivity index (χ1v) is 11.7. The maximum Gasteiger partial charge on any atom is 0.271 e. The second kappa shape index (κ2) is 7.55. The van der Waals surface area contributed by atoms with Crippen molar-refractivity contribution in [2.75, 3.05) is 6.54 Å². The molecule has 6 nitrogen and oxygen atoms in total. The number of carbonyl (C=O) groups is 2. The zero-order valence-electron chi connectivity index (χ0n) is 17.7. The van der Waals surface area contributed by atoms with Crippen LogP contribution in [0.15, 0.2) is 53.1 Å². The predicted molar refractivity (Wildman–Crippen MR) is 128 cm³/mol. The van der Waals surface area contributed by atoms with Gasteiger partial charge < -0.3 is 4.57 Å². The van der Waals surface area contributed by atoms with Crippen LogP contribution in [0, 0.1) is 11.3 Å². The Hall–Kier alpha value is -3.54. The van der Waals surface area contributed by atoms with Gasteiger partial charge in [0.25, 0.3) is 11.8 Å². The monoisotopic (exact) mass is 458 g/mol. The molecule has 4 heterocycles. The SMILES string of the molecule is CCN1C(=O)C(C#N)=C(C)/C(=C/c2cc3c(nc(-c4cc5ccccc5s4)n3C)s2)C1=O. The van der Waals surface area contributed by atoms with Crippen LogP contribution in [0.1, 0.15) is 18.7 Å². The fraction of sp³-hybridized carbons (Fsp3) is 0.167. The van der Waals surface area contributed by atoms with Crippen LogP contribution >= 0.6 is 22.7 Å². The second-order valence-electron chi connectivity index (χ2n) is 7.51. The normalized spacial score (nSPS) is 16.1. The van der Waals surface area contributed by atoms with Gasteiger partial charge in [-0.05, 0) is 49.1 Å². The molecule has 5 rings (SSSR count). The Bertz CT molecular complexity index is 1510. The fourth-order valence-corrected chi connectivity index (χ4v) is 6.03. The van der Waals surface area contributed by atoms with Gasteiger partial charge in [-0.1, -0.05) is 18.2 Å². The summed E-state index contributed by atoms with van der Waals surface area (Å²) in [6, 6.07) is 14.4. The molecule has 0 radical (unpaired) electrons. The van der Waals surface area contributed by atoms with E-state index in [-0.39, 0.29) is 18.0 Å². The Morgan fingerprint density at radius 2 is 1.94 bits per heavy atom. The molecule has 0 aliphatic carbocycles. The van der Waals surface area contributed by atoms with E-state index < -0.39 is 5.91 Å². The number of amides is 2. The molecule has 32 heavy (non-hydrogen) atoms. The number of thiophene rings is 2. The van der Waals surface area contributed by atoms with Gasteiger partial charge in [0, 0.05) is 28.7 Å². The molecule has 3 aromatic heterocycles. The molecule has 1 aromatic carbocycles. The number of fused-ring (bicyclic) bond motifs is 2. The van der Waals surface area contributed by atoms with Crippen molar-refractivity contribution in [2.45, 2.75) is 13.8 Å². The lowest BCUT2D eigenvalue weighted by atomic mass is 9.95. The van der Waals surface area contributed by atoms with E-state index >= 15 is 0 Å². The van der Waals surface area contributed by atoms with E-state index in [1.54, 1.807) is 31.3 Å². The van der Waals surface area contributed by atoms with Crippen LogP contribution < -0.4 is 0 Å². The van der Waals surface area contributed by atoms with Crippen LogP contribution in [-0.2, 0) is 16.6 Å². The molecule has 0 N–H and O–H groups in total. The molecular formula is C24H18N4O2S2. The molecule has 8 heteroatoms. The van der Waals surface area contributed by atoms with E-state index in [4.69, 9.17) is 4.98 Å². The third-order valence-electron chi connectivity index (χ3n) is 5.67. The summed E-state index contributed by atoms with van der Waals surface area (Å²) in [5, 5.41) is 10.6. The molecular weight excluding hydrogens is 440 g/mol. The molecule has 158 valence electrons. The number of benzene rings is 1. The van der Waals surface area contributed by atoms with Crippen molar-refractivity contribution in [1.29, 1.82) is 5.26 Å². The van der Waals surface area contributed by atoms with Gasteiger partial charge >= 0.3 is 0 Å². The molecule has 0 spiro atoms. The molecule has 2 amide bonds. The van der Waals surface area contributed by atoms with Crippen molar-refractivity contribution in [1.82, 2.24) is 14.5 Å². The van der Waals surface area contributed by atoms with Crippen molar-refractivity contribution in [3.63, 3.8) is 0 Å². The van der Waals surface area contributed by atoms with Gasteiger partial charge in [-0.15, -0.1) is 22.7 Å². The molecule has 0 saturated carbocycles. The Kier molecular flexibility index (Phi) is 4.81. The summed E-state index contributed by atoms with van der Waals surface area (Å²) < 4.78 is 3.28. The van der Waals surface area contributed by atoms with Crippen LogP contribution in [0.4, 0.5) is 0 Å². The van der Waals surface area contributed by atoms with E-state index in [2.05, 4.69) is 22.8 Å². The first kappa shape index (κ1) is 20.4. The van der Waals surface area contributed by atoms with Gasteiger partial charge in [0.2, 0.25) is 0 Å². The van der Waals surface area contributed by atoms with E-state index in [9.17, 15) is 14.9 Å². The molecule has 0 saturated heterocycles. The van der Waals surface area contributed by atoms with Crippen LogP contribution in [-0.4, -0.2) is 32.8 Å². The largest absolute Gasteiger partial charge is 0.326 e. The molecule has 4 aromatic rings. The number of imide groups is 1. The van der Waals surface area contributed by atoms with Gasteiger partial charge in [-0.3, -0.25) is 14.5 Å². The smallest absolute Gasteiger partial charge is 0.271 e. The second-order valence-corrected chi connectivity index (χ2v) is 9.65. The lowest BCUT2D eigenvalue weighted by Crippen LogP contribution is -2.42. The number of carbonyl (C=O) groups excluding carboxylic acids is 2. The molecule has 0 atom stereocenters.